The fraction of sp³-hybridized carbons (Fsp3) is 0.417. The number of halogens is 1. The van der Waals surface area contributed by atoms with Crippen molar-refractivity contribution in [3.8, 4) is 0 Å². The van der Waals surface area contributed by atoms with Crippen LogP contribution in [0.25, 0.3) is 0 Å². The Balaban J connectivity index is 2.78. The van der Waals surface area contributed by atoms with Crippen LogP contribution < -0.4 is 0 Å². The Hall–Kier alpha value is -1.42. The number of carbonyl (C=O) groups excluding carboxylic acids is 1. The van der Waals surface area contributed by atoms with Crippen molar-refractivity contribution in [2.45, 2.75) is 19.4 Å². The summed E-state index contributed by atoms with van der Waals surface area (Å²) in [5.41, 5.74) is 1.19. The van der Waals surface area contributed by atoms with Crippen molar-refractivity contribution in [2.24, 2.45) is 0 Å². The van der Waals surface area contributed by atoms with Crippen molar-refractivity contribution in [3.05, 3.63) is 35.4 Å². The zero-order valence-electron chi connectivity index (χ0n) is 9.15. The number of rotatable bonds is 5. The first-order chi connectivity index (χ1) is 7.69. The number of esters is 1. The Kier molecular flexibility index (Phi) is 4.92. The molecule has 1 N–H and O–H groups in total. The van der Waals surface area contributed by atoms with Crippen LogP contribution in [0.2, 0.25) is 0 Å². The van der Waals surface area contributed by atoms with Crippen molar-refractivity contribution < 1.29 is 19.0 Å². The molecule has 88 valence electrons. The highest BCUT2D eigenvalue weighted by Gasteiger charge is 2.18. The smallest absolute Gasteiger partial charge is 0.339 e. The molecule has 0 saturated heterocycles. The van der Waals surface area contributed by atoms with E-state index in [2.05, 4.69) is 0 Å². The Bertz CT molecular complexity index is 352. The number of benzene rings is 1. The molecular weight excluding hydrogens is 211 g/mol. The third-order valence-electron chi connectivity index (χ3n) is 2.16. The van der Waals surface area contributed by atoms with E-state index in [4.69, 9.17) is 4.74 Å². The van der Waals surface area contributed by atoms with Gasteiger partial charge in [-0.15, -0.1) is 0 Å². The van der Waals surface area contributed by atoms with E-state index in [9.17, 15) is 14.3 Å². The summed E-state index contributed by atoms with van der Waals surface area (Å²) in [4.78, 5) is 11.3. The zero-order chi connectivity index (χ0) is 12.0. The summed E-state index contributed by atoms with van der Waals surface area (Å²) in [5, 5.41) is 9.64. The standard InChI is InChI=1S/C12H15FO3/c1-2-16-12(15)11(14)10-5-3-4-9(8-10)6-7-13/h3-5,8,11,14H,2,6-7H2,1H3. The number of hydrogen-bond donors (Lipinski definition) is 1. The summed E-state index contributed by atoms with van der Waals surface area (Å²) in [5.74, 6) is -0.681. The van der Waals surface area contributed by atoms with Crippen molar-refractivity contribution >= 4 is 5.97 Å². The molecular formula is C12H15FO3. The number of aryl methyl sites for hydroxylation is 1. The van der Waals surface area contributed by atoms with E-state index in [0.717, 1.165) is 5.56 Å². The van der Waals surface area contributed by atoms with Gasteiger partial charge in [0.1, 0.15) is 0 Å². The molecule has 0 aliphatic heterocycles. The molecule has 0 heterocycles. The largest absolute Gasteiger partial charge is 0.464 e. The van der Waals surface area contributed by atoms with Crippen LogP contribution in [-0.4, -0.2) is 24.4 Å². The van der Waals surface area contributed by atoms with Crippen molar-refractivity contribution in [1.82, 2.24) is 0 Å². The molecule has 1 unspecified atom stereocenters. The first kappa shape index (κ1) is 12.6. The van der Waals surface area contributed by atoms with Gasteiger partial charge in [0.05, 0.1) is 13.3 Å². The Morgan fingerprint density at radius 2 is 2.31 bits per heavy atom. The maximum Gasteiger partial charge on any atom is 0.339 e. The van der Waals surface area contributed by atoms with Crippen LogP contribution in [0.5, 0.6) is 0 Å². The molecule has 1 aromatic carbocycles. The predicted octanol–water partition coefficient (Wildman–Crippen LogP) is 1.80. The summed E-state index contributed by atoms with van der Waals surface area (Å²) < 4.78 is 16.8. The van der Waals surface area contributed by atoms with Gasteiger partial charge in [0, 0.05) is 6.42 Å². The molecule has 3 nitrogen and oxygen atoms in total. The van der Waals surface area contributed by atoms with Gasteiger partial charge in [0.25, 0.3) is 0 Å². The summed E-state index contributed by atoms with van der Waals surface area (Å²) in [7, 11) is 0. The van der Waals surface area contributed by atoms with Gasteiger partial charge in [0.15, 0.2) is 6.10 Å². The van der Waals surface area contributed by atoms with Crippen molar-refractivity contribution in [3.63, 3.8) is 0 Å². The minimum absolute atomic E-state index is 0.222. The van der Waals surface area contributed by atoms with Gasteiger partial charge in [0.2, 0.25) is 0 Å². The second kappa shape index (κ2) is 6.23. The molecule has 1 atom stereocenters. The summed E-state index contributed by atoms with van der Waals surface area (Å²) in [6.07, 6.45) is -1.01. The van der Waals surface area contributed by atoms with E-state index in [1.54, 1.807) is 31.2 Å². The lowest BCUT2D eigenvalue weighted by Crippen LogP contribution is -2.15. The molecule has 0 aliphatic rings. The molecule has 0 bridgehead atoms. The van der Waals surface area contributed by atoms with E-state index in [-0.39, 0.29) is 13.0 Å². The third kappa shape index (κ3) is 3.31. The van der Waals surface area contributed by atoms with Gasteiger partial charge in [-0.05, 0) is 18.1 Å². The van der Waals surface area contributed by atoms with Gasteiger partial charge in [-0.3, -0.25) is 4.39 Å². The van der Waals surface area contributed by atoms with Crippen LogP contribution >= 0.6 is 0 Å². The topological polar surface area (TPSA) is 46.5 Å². The fourth-order valence-corrected chi connectivity index (χ4v) is 1.39. The van der Waals surface area contributed by atoms with Gasteiger partial charge in [-0.1, -0.05) is 24.3 Å². The molecule has 4 heteroatoms. The first-order valence-corrected chi connectivity index (χ1v) is 5.18. The monoisotopic (exact) mass is 226 g/mol. The van der Waals surface area contributed by atoms with Gasteiger partial charge >= 0.3 is 5.97 Å². The van der Waals surface area contributed by atoms with Crippen LogP contribution in [0, 0.1) is 0 Å². The number of hydrogen-bond acceptors (Lipinski definition) is 3. The number of alkyl halides is 1. The van der Waals surface area contributed by atoms with Crippen LogP contribution in [0.4, 0.5) is 4.39 Å². The van der Waals surface area contributed by atoms with Crippen LogP contribution in [0.1, 0.15) is 24.2 Å². The molecule has 0 spiro atoms. The minimum Gasteiger partial charge on any atom is -0.464 e. The molecule has 1 aromatic rings. The summed E-state index contributed by atoms with van der Waals surface area (Å²) >= 11 is 0. The predicted molar refractivity (Wildman–Crippen MR) is 57.7 cm³/mol. The number of aliphatic hydroxyl groups excluding tert-OH is 1. The second-order valence-electron chi connectivity index (χ2n) is 3.34. The minimum atomic E-state index is -1.29. The molecule has 16 heavy (non-hydrogen) atoms. The number of ether oxygens (including phenoxy) is 1. The third-order valence-corrected chi connectivity index (χ3v) is 2.16. The number of aliphatic hydroxyl groups is 1. The molecule has 0 radical (unpaired) electrons. The normalized spacial score (nSPS) is 12.2. The Morgan fingerprint density at radius 3 is 2.94 bits per heavy atom. The van der Waals surface area contributed by atoms with E-state index in [0.29, 0.717) is 5.56 Å². The lowest BCUT2D eigenvalue weighted by molar-refractivity contribution is -0.153. The highest BCUT2D eigenvalue weighted by molar-refractivity contribution is 5.76. The summed E-state index contributed by atoms with van der Waals surface area (Å²) in [6.45, 7) is 1.43. The quantitative estimate of drug-likeness (QED) is 0.779. The fourth-order valence-electron chi connectivity index (χ4n) is 1.39. The summed E-state index contributed by atoms with van der Waals surface area (Å²) in [6, 6.07) is 6.66. The van der Waals surface area contributed by atoms with Crippen molar-refractivity contribution in [2.75, 3.05) is 13.3 Å². The average molecular weight is 226 g/mol. The zero-order valence-corrected chi connectivity index (χ0v) is 9.15. The Labute approximate surface area is 93.9 Å². The lowest BCUT2D eigenvalue weighted by atomic mass is 10.0. The molecule has 1 rings (SSSR count). The molecule has 0 saturated carbocycles. The molecule has 0 aromatic heterocycles. The van der Waals surface area contributed by atoms with E-state index in [1.807, 2.05) is 0 Å². The maximum atomic E-state index is 12.1. The maximum absolute atomic E-state index is 12.1. The molecule has 0 aliphatic carbocycles. The second-order valence-corrected chi connectivity index (χ2v) is 3.34. The van der Waals surface area contributed by atoms with E-state index in [1.165, 1.54) is 0 Å². The van der Waals surface area contributed by atoms with Crippen LogP contribution in [0.15, 0.2) is 24.3 Å². The average Bonchev–Trinajstić information content (AvgIpc) is 2.29. The van der Waals surface area contributed by atoms with Crippen molar-refractivity contribution in [1.29, 1.82) is 0 Å². The van der Waals surface area contributed by atoms with Gasteiger partial charge in [-0.25, -0.2) is 4.79 Å². The van der Waals surface area contributed by atoms with Crippen LogP contribution in [-0.2, 0) is 16.0 Å². The first-order valence-electron chi connectivity index (χ1n) is 5.18. The SMILES string of the molecule is CCOC(=O)C(O)c1cccc(CCF)c1. The molecule has 0 amide bonds. The van der Waals surface area contributed by atoms with E-state index >= 15 is 0 Å². The van der Waals surface area contributed by atoms with Crippen LogP contribution in [0.3, 0.4) is 0 Å². The lowest BCUT2D eigenvalue weighted by Gasteiger charge is -2.10. The van der Waals surface area contributed by atoms with Gasteiger partial charge in [-0.2, -0.15) is 0 Å². The van der Waals surface area contributed by atoms with E-state index < -0.39 is 18.7 Å². The highest BCUT2D eigenvalue weighted by Crippen LogP contribution is 2.16. The van der Waals surface area contributed by atoms with Gasteiger partial charge < -0.3 is 9.84 Å². The number of carbonyl (C=O) groups is 1. The molecule has 0 fully saturated rings. The Morgan fingerprint density at radius 1 is 1.56 bits per heavy atom. The highest BCUT2D eigenvalue weighted by atomic mass is 19.1.